The average Bonchev–Trinajstić information content (AvgIpc) is 2.75. The van der Waals surface area contributed by atoms with Gasteiger partial charge in [0.15, 0.2) is 5.82 Å². The summed E-state index contributed by atoms with van der Waals surface area (Å²) in [6.45, 7) is 2.30. The number of benzene rings is 1. The fraction of sp³-hybridized carbons (Fsp3) is 0.385. The summed E-state index contributed by atoms with van der Waals surface area (Å²) in [7, 11) is 0. The highest BCUT2D eigenvalue weighted by molar-refractivity contribution is 6.20. The number of para-hydroxylation sites is 1. The summed E-state index contributed by atoms with van der Waals surface area (Å²) in [5.74, 6) is -0.357. The predicted molar refractivity (Wildman–Crippen MR) is 74.0 cm³/mol. The molecule has 1 amide bonds. The van der Waals surface area contributed by atoms with Gasteiger partial charge in [-0.3, -0.25) is 4.79 Å². The van der Waals surface area contributed by atoms with Gasteiger partial charge in [-0.15, -0.1) is 11.6 Å². The van der Waals surface area contributed by atoms with Crippen molar-refractivity contribution >= 4 is 28.5 Å². The lowest BCUT2D eigenvalue weighted by Gasteiger charge is -2.10. The first-order valence-corrected chi connectivity index (χ1v) is 6.59. The number of carbonyl (C=O) groups excluding carboxylic acids is 1. The van der Waals surface area contributed by atoms with Crippen LogP contribution in [0.15, 0.2) is 18.2 Å². The molecular formula is C13H15ClFN3O2. The van der Waals surface area contributed by atoms with Gasteiger partial charge in [-0.1, -0.05) is 6.07 Å². The average molecular weight is 300 g/mol. The van der Waals surface area contributed by atoms with Crippen LogP contribution in [0.2, 0.25) is 0 Å². The summed E-state index contributed by atoms with van der Waals surface area (Å²) in [4.78, 5) is 14.8. The van der Waals surface area contributed by atoms with E-state index in [0.717, 1.165) is 0 Å². The molecule has 2 aromatic rings. The Morgan fingerprint density at radius 2 is 2.35 bits per heavy atom. The molecule has 5 nitrogen and oxygen atoms in total. The molecule has 108 valence electrons. The lowest BCUT2D eigenvalue weighted by atomic mass is 10.3. The molecule has 2 rings (SSSR count). The van der Waals surface area contributed by atoms with Crippen LogP contribution in [0, 0.1) is 5.82 Å². The molecule has 0 bridgehead atoms. The van der Waals surface area contributed by atoms with Crippen molar-refractivity contribution in [3.05, 3.63) is 29.8 Å². The molecule has 0 fully saturated rings. The third-order valence-corrected chi connectivity index (χ3v) is 3.01. The Hall–Kier alpha value is -1.66. The van der Waals surface area contributed by atoms with E-state index in [1.807, 2.05) is 0 Å². The molecule has 0 radical (unpaired) electrons. The summed E-state index contributed by atoms with van der Waals surface area (Å²) in [6.07, 6.45) is 0. The van der Waals surface area contributed by atoms with Gasteiger partial charge in [0.25, 0.3) is 0 Å². The molecule has 0 saturated carbocycles. The van der Waals surface area contributed by atoms with Gasteiger partial charge in [0.1, 0.15) is 17.9 Å². The van der Waals surface area contributed by atoms with Crippen LogP contribution in [-0.2, 0) is 16.1 Å². The zero-order valence-corrected chi connectivity index (χ0v) is 11.7. The fourth-order valence-corrected chi connectivity index (χ4v) is 2.16. The van der Waals surface area contributed by atoms with E-state index < -0.39 is 11.7 Å². The van der Waals surface area contributed by atoms with E-state index in [4.69, 9.17) is 22.1 Å². The molecule has 0 aliphatic rings. The Labute approximate surface area is 120 Å². The Morgan fingerprint density at radius 1 is 1.60 bits per heavy atom. The van der Waals surface area contributed by atoms with Crippen molar-refractivity contribution in [1.82, 2.24) is 9.55 Å². The number of carbonyl (C=O) groups is 1. The van der Waals surface area contributed by atoms with Gasteiger partial charge in [0, 0.05) is 6.54 Å². The van der Waals surface area contributed by atoms with Crippen LogP contribution in [0.5, 0.6) is 0 Å². The van der Waals surface area contributed by atoms with Gasteiger partial charge in [0.05, 0.1) is 17.5 Å². The number of aromatic nitrogens is 2. The van der Waals surface area contributed by atoms with Crippen LogP contribution < -0.4 is 5.73 Å². The topological polar surface area (TPSA) is 70.1 Å². The zero-order chi connectivity index (χ0) is 14.7. The first-order valence-electron chi connectivity index (χ1n) is 6.15. The number of nitrogens with zero attached hydrogens (tertiary/aromatic N) is 2. The molecule has 1 aromatic carbocycles. The normalized spacial score (nSPS) is 12.8. The standard InChI is InChI=1S/C13H15ClFN3O2/c1-8(14)13-17-12-9(15)3-2-4-10(12)18(13)5-6-20-7-11(16)19/h2-4,8H,5-7H2,1H3,(H2,16,19). The Morgan fingerprint density at radius 3 is 3.00 bits per heavy atom. The second-order valence-corrected chi connectivity index (χ2v) is 5.02. The Bertz CT molecular complexity index is 627. The first kappa shape index (κ1) is 14.7. The van der Waals surface area contributed by atoms with Crippen molar-refractivity contribution in [1.29, 1.82) is 0 Å². The SMILES string of the molecule is CC(Cl)c1nc2c(F)cccc2n1CCOCC(N)=O. The van der Waals surface area contributed by atoms with E-state index in [0.29, 0.717) is 17.9 Å². The molecule has 7 heteroatoms. The Balaban J connectivity index is 2.27. The second kappa shape index (κ2) is 6.19. The highest BCUT2D eigenvalue weighted by Gasteiger charge is 2.16. The third kappa shape index (κ3) is 3.08. The van der Waals surface area contributed by atoms with E-state index in [9.17, 15) is 9.18 Å². The quantitative estimate of drug-likeness (QED) is 0.655. The van der Waals surface area contributed by atoms with E-state index in [1.54, 1.807) is 23.6 Å². The summed E-state index contributed by atoms with van der Waals surface area (Å²) < 4.78 is 20.6. The number of hydrogen-bond donors (Lipinski definition) is 1. The number of fused-ring (bicyclic) bond motifs is 1. The molecule has 1 heterocycles. The summed E-state index contributed by atoms with van der Waals surface area (Å²) in [6, 6.07) is 4.73. The van der Waals surface area contributed by atoms with E-state index in [1.165, 1.54) is 6.07 Å². The Kier molecular flexibility index (Phi) is 4.57. The molecule has 20 heavy (non-hydrogen) atoms. The van der Waals surface area contributed by atoms with Crippen molar-refractivity contribution in [3.63, 3.8) is 0 Å². The molecule has 0 saturated heterocycles. The molecule has 0 aliphatic heterocycles. The minimum absolute atomic E-state index is 0.146. The van der Waals surface area contributed by atoms with Gasteiger partial charge in [-0.25, -0.2) is 9.37 Å². The number of amides is 1. The number of ether oxygens (including phenoxy) is 1. The minimum Gasteiger partial charge on any atom is -0.370 e. The van der Waals surface area contributed by atoms with E-state index >= 15 is 0 Å². The molecule has 1 aromatic heterocycles. The fourth-order valence-electron chi connectivity index (χ4n) is 2.00. The number of halogens is 2. The summed E-state index contributed by atoms with van der Waals surface area (Å²) in [5.41, 5.74) is 5.92. The molecule has 0 aliphatic carbocycles. The predicted octanol–water partition coefficient (Wildman–Crippen LogP) is 1.98. The summed E-state index contributed by atoms with van der Waals surface area (Å²) >= 11 is 6.07. The van der Waals surface area contributed by atoms with Crippen LogP contribution in [0.1, 0.15) is 18.1 Å². The molecule has 1 atom stereocenters. The van der Waals surface area contributed by atoms with Crippen LogP contribution in [0.25, 0.3) is 11.0 Å². The third-order valence-electron chi connectivity index (χ3n) is 2.82. The van der Waals surface area contributed by atoms with Gasteiger partial charge in [-0.05, 0) is 19.1 Å². The van der Waals surface area contributed by atoms with E-state index in [2.05, 4.69) is 4.98 Å². The highest BCUT2D eigenvalue weighted by atomic mass is 35.5. The second-order valence-electron chi connectivity index (χ2n) is 4.36. The van der Waals surface area contributed by atoms with E-state index in [-0.39, 0.29) is 24.1 Å². The summed E-state index contributed by atoms with van der Waals surface area (Å²) in [5, 5.41) is -0.363. The zero-order valence-electron chi connectivity index (χ0n) is 11.0. The van der Waals surface area contributed by atoms with Gasteiger partial charge in [0.2, 0.25) is 5.91 Å². The van der Waals surface area contributed by atoms with Crippen molar-refractivity contribution in [2.75, 3.05) is 13.2 Å². The first-order chi connectivity index (χ1) is 9.50. The van der Waals surface area contributed by atoms with Crippen molar-refractivity contribution in [2.24, 2.45) is 5.73 Å². The smallest absolute Gasteiger partial charge is 0.243 e. The maximum Gasteiger partial charge on any atom is 0.243 e. The monoisotopic (exact) mass is 299 g/mol. The number of alkyl halides is 1. The maximum absolute atomic E-state index is 13.7. The lowest BCUT2D eigenvalue weighted by Crippen LogP contribution is -2.20. The molecule has 2 N–H and O–H groups in total. The van der Waals surface area contributed by atoms with Crippen LogP contribution in [0.3, 0.4) is 0 Å². The number of rotatable bonds is 6. The number of imidazole rings is 1. The largest absolute Gasteiger partial charge is 0.370 e. The van der Waals surface area contributed by atoms with Crippen molar-refractivity contribution < 1.29 is 13.9 Å². The lowest BCUT2D eigenvalue weighted by molar-refractivity contribution is -0.122. The van der Waals surface area contributed by atoms with Crippen molar-refractivity contribution in [3.8, 4) is 0 Å². The maximum atomic E-state index is 13.7. The minimum atomic E-state index is -0.530. The van der Waals surface area contributed by atoms with Crippen LogP contribution in [0.4, 0.5) is 4.39 Å². The molecule has 0 spiro atoms. The van der Waals surface area contributed by atoms with Gasteiger partial charge >= 0.3 is 0 Å². The highest BCUT2D eigenvalue weighted by Crippen LogP contribution is 2.25. The molecule has 1 unspecified atom stereocenters. The number of primary amides is 1. The van der Waals surface area contributed by atoms with Crippen LogP contribution >= 0.6 is 11.6 Å². The van der Waals surface area contributed by atoms with Crippen molar-refractivity contribution in [2.45, 2.75) is 18.8 Å². The van der Waals surface area contributed by atoms with Gasteiger partial charge in [-0.2, -0.15) is 0 Å². The molecular weight excluding hydrogens is 285 g/mol. The number of hydrogen-bond acceptors (Lipinski definition) is 3. The van der Waals surface area contributed by atoms with Gasteiger partial charge < -0.3 is 15.0 Å². The number of nitrogens with two attached hydrogens (primary N) is 1. The van der Waals surface area contributed by atoms with Crippen LogP contribution in [-0.4, -0.2) is 28.7 Å².